The molecule has 2 aliphatic heterocycles. The fourth-order valence-corrected chi connectivity index (χ4v) is 4.20. The predicted octanol–water partition coefficient (Wildman–Crippen LogP) is 2.12. The molecule has 0 bridgehead atoms. The third kappa shape index (κ3) is 3.61. The van der Waals surface area contributed by atoms with Crippen LogP contribution in [0.4, 0.5) is 19.3 Å². The van der Waals surface area contributed by atoms with Gasteiger partial charge in [-0.3, -0.25) is 9.11 Å². The van der Waals surface area contributed by atoms with Crippen molar-refractivity contribution in [1.29, 1.82) is 0 Å². The van der Waals surface area contributed by atoms with Crippen molar-refractivity contribution in [2.75, 3.05) is 23.0 Å². The number of amides is 1. The quantitative estimate of drug-likeness (QED) is 0.794. The number of nitrogens with zero attached hydrogens (tertiary/aromatic N) is 4. The lowest BCUT2D eigenvalue weighted by molar-refractivity contribution is 0.126. The molecule has 0 N–H and O–H groups in total. The van der Waals surface area contributed by atoms with E-state index in [1.165, 1.54) is 22.1 Å². The van der Waals surface area contributed by atoms with Gasteiger partial charge in [-0.1, -0.05) is 6.08 Å². The number of hydrogen-bond donors (Lipinski definition) is 0. The van der Waals surface area contributed by atoms with Gasteiger partial charge in [0.25, 0.3) is 0 Å². The highest BCUT2D eigenvalue weighted by atomic mass is 32.2. The van der Waals surface area contributed by atoms with Crippen molar-refractivity contribution in [2.24, 2.45) is 0 Å². The number of anilines is 1. The van der Waals surface area contributed by atoms with E-state index in [-0.39, 0.29) is 30.1 Å². The minimum absolute atomic E-state index is 0.0923. The molecule has 2 aliphatic rings. The summed E-state index contributed by atoms with van der Waals surface area (Å²) in [6.45, 7) is 0.391. The van der Waals surface area contributed by atoms with Crippen LogP contribution in [-0.4, -0.2) is 49.5 Å². The number of rotatable bonds is 4. The van der Waals surface area contributed by atoms with Gasteiger partial charge in [-0.15, -0.1) is 0 Å². The highest BCUT2D eigenvalue weighted by molar-refractivity contribution is 7.85. The maximum atomic E-state index is 14.6. The summed E-state index contributed by atoms with van der Waals surface area (Å²) in [6.07, 6.45) is 3.78. The highest BCUT2D eigenvalue weighted by Crippen LogP contribution is 2.32. The Morgan fingerprint density at radius 2 is 1.93 bits per heavy atom. The Morgan fingerprint density at radius 3 is 2.56 bits per heavy atom. The normalized spacial score (nSPS) is 22.7. The Morgan fingerprint density at radius 1 is 1.22 bits per heavy atom. The molecular formula is C17H16F2N4O3S. The first kappa shape index (κ1) is 17.8. The summed E-state index contributed by atoms with van der Waals surface area (Å²) in [5, 5.41) is 7.89. The topological polar surface area (TPSA) is 77.3 Å². The second-order valence-electron chi connectivity index (χ2n) is 6.27. The zero-order valence-corrected chi connectivity index (χ0v) is 15.0. The molecule has 2 atom stereocenters. The summed E-state index contributed by atoms with van der Waals surface area (Å²) >= 11 is 0. The van der Waals surface area contributed by atoms with Crippen LogP contribution < -0.4 is 4.90 Å². The lowest BCUT2D eigenvalue weighted by atomic mass is 10.0. The average Bonchev–Trinajstić information content (AvgIpc) is 3.26. The van der Waals surface area contributed by atoms with Gasteiger partial charge in [0.1, 0.15) is 17.7 Å². The van der Waals surface area contributed by atoms with Gasteiger partial charge in [0, 0.05) is 27.9 Å². The third-order valence-corrected chi connectivity index (χ3v) is 5.68. The van der Waals surface area contributed by atoms with Crippen LogP contribution in [0, 0.1) is 11.6 Å². The van der Waals surface area contributed by atoms with E-state index >= 15 is 0 Å². The Labute approximate surface area is 156 Å². The van der Waals surface area contributed by atoms with Crippen LogP contribution in [0.3, 0.4) is 0 Å². The SMILES string of the molecule is O=C1OC(Cn2nccn2)CN1c1cc(F)c(C2=CCS(=O)CC2)c(F)c1. The lowest BCUT2D eigenvalue weighted by Gasteiger charge is -2.18. The van der Waals surface area contributed by atoms with Gasteiger partial charge in [0.15, 0.2) is 0 Å². The van der Waals surface area contributed by atoms with Crippen molar-refractivity contribution in [1.82, 2.24) is 15.0 Å². The molecule has 27 heavy (non-hydrogen) atoms. The van der Waals surface area contributed by atoms with Crippen molar-refractivity contribution in [3.8, 4) is 0 Å². The van der Waals surface area contributed by atoms with Crippen LogP contribution in [0.25, 0.3) is 5.57 Å². The van der Waals surface area contributed by atoms with E-state index in [1.54, 1.807) is 6.08 Å². The van der Waals surface area contributed by atoms with E-state index in [9.17, 15) is 17.8 Å². The molecule has 0 saturated carbocycles. The van der Waals surface area contributed by atoms with Gasteiger partial charge in [0.05, 0.1) is 31.2 Å². The molecular weight excluding hydrogens is 378 g/mol. The Hall–Kier alpha value is -2.62. The number of ether oxygens (including phenoxy) is 1. The molecule has 0 spiro atoms. The summed E-state index contributed by atoms with van der Waals surface area (Å²) in [7, 11) is -0.980. The molecule has 10 heteroatoms. The molecule has 7 nitrogen and oxygen atoms in total. The van der Waals surface area contributed by atoms with Crippen LogP contribution in [0.5, 0.6) is 0 Å². The second-order valence-corrected chi connectivity index (χ2v) is 7.90. The van der Waals surface area contributed by atoms with E-state index in [0.717, 1.165) is 12.1 Å². The number of carbonyl (C=O) groups excluding carboxylic acids is 1. The van der Waals surface area contributed by atoms with Gasteiger partial charge < -0.3 is 4.74 Å². The molecule has 4 rings (SSSR count). The van der Waals surface area contributed by atoms with Gasteiger partial charge >= 0.3 is 6.09 Å². The number of allylic oxidation sites excluding steroid dienone is 1. The van der Waals surface area contributed by atoms with Crippen LogP contribution >= 0.6 is 0 Å². The average molecular weight is 394 g/mol. The number of cyclic esters (lactones) is 1. The molecule has 1 aromatic carbocycles. The molecule has 2 aromatic rings. The van der Waals surface area contributed by atoms with Crippen LogP contribution in [0.2, 0.25) is 0 Å². The summed E-state index contributed by atoms with van der Waals surface area (Å²) in [5.41, 5.74) is 0.470. The first-order valence-electron chi connectivity index (χ1n) is 8.37. The monoisotopic (exact) mass is 394 g/mol. The Bertz CT molecular complexity index is 909. The van der Waals surface area contributed by atoms with E-state index in [4.69, 9.17) is 4.74 Å². The highest BCUT2D eigenvalue weighted by Gasteiger charge is 2.34. The van der Waals surface area contributed by atoms with Gasteiger partial charge in [-0.2, -0.15) is 15.0 Å². The largest absolute Gasteiger partial charge is 0.442 e. The minimum atomic E-state index is -0.980. The Balaban J connectivity index is 1.56. The van der Waals surface area contributed by atoms with Crippen LogP contribution in [0.15, 0.2) is 30.6 Å². The zero-order valence-electron chi connectivity index (χ0n) is 14.2. The van der Waals surface area contributed by atoms with E-state index in [0.29, 0.717) is 17.7 Å². The van der Waals surface area contributed by atoms with Crippen molar-refractivity contribution in [3.05, 3.63) is 47.8 Å². The molecule has 3 heterocycles. The van der Waals surface area contributed by atoms with Gasteiger partial charge in [-0.05, 0) is 24.1 Å². The molecule has 0 aliphatic carbocycles. The minimum Gasteiger partial charge on any atom is -0.442 e. The Kier molecular flexibility index (Phi) is 4.73. The van der Waals surface area contributed by atoms with Crippen LogP contribution in [0.1, 0.15) is 12.0 Å². The predicted molar refractivity (Wildman–Crippen MR) is 94.5 cm³/mol. The third-order valence-electron chi connectivity index (χ3n) is 4.48. The smallest absolute Gasteiger partial charge is 0.414 e. The van der Waals surface area contributed by atoms with Crippen molar-refractivity contribution >= 4 is 28.2 Å². The maximum absolute atomic E-state index is 14.6. The first-order chi connectivity index (χ1) is 13.0. The number of hydrogen-bond acceptors (Lipinski definition) is 5. The standard InChI is InChI=1S/C17H16F2N4O3S/c18-14-7-12(8-15(19)16(14)11-1-5-27(25)6-2-11)22-9-13(26-17(22)24)10-23-20-3-4-21-23/h1,3-4,7-8,13H,2,5-6,9-10H2. The van der Waals surface area contributed by atoms with Crippen molar-refractivity contribution in [2.45, 2.75) is 19.1 Å². The van der Waals surface area contributed by atoms with Crippen LogP contribution in [-0.2, 0) is 22.1 Å². The zero-order chi connectivity index (χ0) is 19.0. The maximum Gasteiger partial charge on any atom is 0.414 e. The first-order valence-corrected chi connectivity index (χ1v) is 9.86. The summed E-state index contributed by atoms with van der Waals surface area (Å²) < 4.78 is 45.9. The molecule has 142 valence electrons. The van der Waals surface area contributed by atoms with Crippen molar-refractivity contribution in [3.63, 3.8) is 0 Å². The molecule has 0 radical (unpaired) electrons. The molecule has 1 aromatic heterocycles. The van der Waals surface area contributed by atoms with E-state index in [1.807, 2.05) is 0 Å². The molecule has 1 amide bonds. The number of benzene rings is 1. The van der Waals surface area contributed by atoms with E-state index in [2.05, 4.69) is 10.2 Å². The number of aromatic nitrogens is 3. The number of carbonyl (C=O) groups is 1. The lowest BCUT2D eigenvalue weighted by Crippen LogP contribution is -2.26. The molecule has 1 saturated heterocycles. The number of halogens is 2. The molecule has 2 unspecified atom stereocenters. The van der Waals surface area contributed by atoms with Gasteiger partial charge in [0.2, 0.25) is 0 Å². The summed E-state index contributed by atoms with van der Waals surface area (Å²) in [5.74, 6) is -0.839. The van der Waals surface area contributed by atoms with Crippen molar-refractivity contribution < 1.29 is 22.5 Å². The van der Waals surface area contributed by atoms with E-state index < -0.39 is 34.6 Å². The summed E-state index contributed by atoms with van der Waals surface area (Å²) in [6, 6.07) is 2.25. The fraction of sp³-hybridized carbons (Fsp3) is 0.353. The summed E-state index contributed by atoms with van der Waals surface area (Å²) in [4.78, 5) is 14.7. The fourth-order valence-electron chi connectivity index (χ4n) is 3.20. The second kappa shape index (κ2) is 7.18. The van der Waals surface area contributed by atoms with Gasteiger partial charge in [-0.25, -0.2) is 13.6 Å². The molecule has 1 fully saturated rings.